The maximum absolute atomic E-state index is 5.21. The van der Waals surface area contributed by atoms with Crippen LogP contribution in [-0.4, -0.2) is 39.0 Å². The molecule has 10 nitrogen and oxygen atoms in total. The number of rotatable bonds is 16. The third-order valence-electron chi connectivity index (χ3n) is 20.5. The fraction of sp³-hybridized carbons (Fsp3) is 0. The van der Waals surface area contributed by atoms with Gasteiger partial charge >= 0.3 is 0 Å². The zero-order valence-corrected chi connectivity index (χ0v) is 60.9. The van der Waals surface area contributed by atoms with Crippen molar-refractivity contribution in [3.63, 3.8) is 0 Å². The van der Waals surface area contributed by atoms with Crippen LogP contribution in [-0.2, 0) is 0 Å². The van der Waals surface area contributed by atoms with Gasteiger partial charge in [0, 0.05) is 77.8 Å². The van der Waals surface area contributed by atoms with Crippen molar-refractivity contribution in [2.75, 3.05) is 9.80 Å². The second-order valence-electron chi connectivity index (χ2n) is 27.4. The quantitative estimate of drug-likeness (QED) is 0.0944. The molecule has 0 fully saturated rings. The second kappa shape index (κ2) is 30.2. The normalized spacial score (nSPS) is 11.2. The molecule has 112 heavy (non-hydrogen) atoms. The van der Waals surface area contributed by atoms with Crippen molar-refractivity contribution in [2.45, 2.75) is 0 Å². The van der Waals surface area contributed by atoms with E-state index in [-0.39, 0.29) is 0 Å². The monoisotopic (exact) mass is 1430 g/mol. The maximum atomic E-state index is 5.21. The molecule has 0 bridgehead atoms. The van der Waals surface area contributed by atoms with Gasteiger partial charge in [0.05, 0.1) is 27.8 Å². The van der Waals surface area contributed by atoms with E-state index in [9.17, 15) is 0 Å². The smallest absolute Gasteiger partial charge is 0.238 e. The molecular formula is C102H70N10. The van der Waals surface area contributed by atoms with E-state index in [2.05, 4.69) is 365 Å². The predicted octanol–water partition coefficient (Wildman–Crippen LogP) is 26.2. The molecule has 528 valence electrons. The van der Waals surface area contributed by atoms with Crippen LogP contribution >= 0.6 is 0 Å². The maximum Gasteiger partial charge on any atom is 0.238 e. The van der Waals surface area contributed by atoms with Gasteiger partial charge < -0.3 is 9.80 Å². The van der Waals surface area contributed by atoms with Crippen LogP contribution in [0.2, 0.25) is 0 Å². The Labute approximate surface area is 649 Å². The van der Waals surface area contributed by atoms with Crippen LogP contribution in [0.25, 0.3) is 146 Å². The van der Waals surface area contributed by atoms with Gasteiger partial charge in [-0.2, -0.15) is 19.9 Å². The number of anilines is 6. The van der Waals surface area contributed by atoms with Crippen LogP contribution in [0.4, 0.5) is 34.1 Å². The number of para-hydroxylation sites is 7. The molecular weight excluding hydrogens is 1370 g/mol. The third-order valence-corrected chi connectivity index (χ3v) is 20.5. The summed E-state index contributed by atoms with van der Waals surface area (Å²) in [6.45, 7) is 0. The summed E-state index contributed by atoms with van der Waals surface area (Å²) in [5, 5.41) is 4.59. The highest BCUT2D eigenvalue weighted by Gasteiger charge is 2.23. The lowest BCUT2D eigenvalue weighted by atomic mass is 10.0. The zero-order chi connectivity index (χ0) is 74.5. The van der Waals surface area contributed by atoms with Crippen LogP contribution in [0.3, 0.4) is 0 Å². The number of nitrogens with zero attached hydrogens (tertiary/aromatic N) is 10. The Morgan fingerprint density at radius 3 is 0.920 bits per heavy atom. The summed E-state index contributed by atoms with van der Waals surface area (Å²) in [7, 11) is 0. The first-order chi connectivity index (χ1) is 55.5. The fourth-order valence-corrected chi connectivity index (χ4v) is 15.1. The van der Waals surface area contributed by atoms with Gasteiger partial charge in [0.15, 0.2) is 23.3 Å². The van der Waals surface area contributed by atoms with Gasteiger partial charge in [0.2, 0.25) is 11.9 Å². The number of aromatic nitrogens is 8. The minimum Gasteiger partial charge on any atom is -0.311 e. The van der Waals surface area contributed by atoms with E-state index >= 15 is 0 Å². The number of benzene rings is 16. The van der Waals surface area contributed by atoms with Gasteiger partial charge in [-0.05, 0) is 136 Å². The summed E-state index contributed by atoms with van der Waals surface area (Å²) in [6.07, 6.45) is 0. The van der Waals surface area contributed by atoms with Crippen LogP contribution in [0.15, 0.2) is 425 Å². The van der Waals surface area contributed by atoms with Crippen molar-refractivity contribution in [3.05, 3.63) is 425 Å². The van der Waals surface area contributed by atoms with E-state index in [4.69, 9.17) is 29.9 Å². The van der Waals surface area contributed by atoms with Crippen molar-refractivity contribution >= 4 is 77.7 Å². The molecule has 0 atom stereocenters. The molecule has 0 amide bonds. The van der Waals surface area contributed by atoms with Crippen LogP contribution < -0.4 is 9.80 Å². The highest BCUT2D eigenvalue weighted by Crippen LogP contribution is 2.43. The lowest BCUT2D eigenvalue weighted by molar-refractivity contribution is 0.953. The van der Waals surface area contributed by atoms with Gasteiger partial charge in [-0.1, -0.05) is 328 Å². The molecule has 0 saturated carbocycles. The van der Waals surface area contributed by atoms with Crippen molar-refractivity contribution in [1.82, 2.24) is 39.0 Å². The summed E-state index contributed by atoms with van der Waals surface area (Å²) in [5.41, 5.74) is 23.5. The Balaban J connectivity index is 0.000000151. The van der Waals surface area contributed by atoms with E-state index in [1.54, 1.807) is 0 Å². The van der Waals surface area contributed by atoms with Crippen LogP contribution in [0.5, 0.6) is 0 Å². The third kappa shape index (κ3) is 13.3. The molecule has 0 radical (unpaired) electrons. The molecule has 4 heterocycles. The molecule has 0 aliphatic heterocycles. The van der Waals surface area contributed by atoms with Crippen molar-refractivity contribution in [1.29, 1.82) is 0 Å². The second-order valence-corrected chi connectivity index (χ2v) is 27.4. The van der Waals surface area contributed by atoms with Gasteiger partial charge in [0.25, 0.3) is 0 Å². The molecule has 0 aliphatic rings. The Kier molecular flexibility index (Phi) is 18.1. The largest absolute Gasteiger partial charge is 0.311 e. The van der Waals surface area contributed by atoms with Gasteiger partial charge in [-0.3, -0.25) is 9.13 Å². The van der Waals surface area contributed by atoms with Gasteiger partial charge in [0.1, 0.15) is 0 Å². The van der Waals surface area contributed by atoms with Crippen LogP contribution in [0, 0.1) is 0 Å². The van der Waals surface area contributed by atoms with Crippen molar-refractivity contribution in [3.8, 4) is 102 Å². The van der Waals surface area contributed by atoms with E-state index < -0.39 is 0 Å². The number of hydrogen-bond acceptors (Lipinski definition) is 8. The standard InChI is InChI=1S/2C51H35N5/c1-5-17-36(18-6-1)40-33-34-48-45(35-40)44-26-14-16-28-47(44)56(48)51-53-49(38-19-7-2-8-20-38)52-50(54-51)39-31-29-37(30-32-39)43-25-13-15-27-46(43)55(41-21-9-3-10-22-41)42-23-11-4-12-24-42;1-5-15-36(16-6-1)41-31-34-46-45-23-13-14-24-47(45)56(48(46)35-41)51-53-49(39-17-7-2-8-18-39)52-50(54-51)40-27-25-37(26-28-40)38-29-32-44(33-30-38)55(42-19-9-3-10-20-42)43-21-11-4-12-22-43/h2*1-35H. The van der Waals surface area contributed by atoms with E-state index in [1.807, 2.05) is 78.9 Å². The van der Waals surface area contributed by atoms with E-state index in [0.717, 1.165) is 133 Å². The molecule has 0 saturated heterocycles. The highest BCUT2D eigenvalue weighted by molar-refractivity contribution is 6.11. The van der Waals surface area contributed by atoms with Gasteiger partial charge in [-0.15, -0.1) is 0 Å². The van der Waals surface area contributed by atoms with E-state index in [0.29, 0.717) is 35.2 Å². The molecule has 4 aromatic heterocycles. The summed E-state index contributed by atoms with van der Waals surface area (Å²) in [5.74, 6) is 3.61. The molecule has 16 aromatic carbocycles. The number of hydrogen-bond donors (Lipinski definition) is 0. The SMILES string of the molecule is c1ccc(-c2ccc3c(c2)c2ccccc2n3-c2nc(-c3ccccc3)nc(-c3ccc(-c4ccccc4N(c4ccccc4)c4ccccc4)cc3)n2)cc1.c1ccc(-c2ccc3c4ccccc4n(-c4nc(-c5ccccc5)nc(-c5ccc(-c6ccc(N(c7ccccc7)c7ccccc7)cc6)cc5)n4)c3c2)cc1. The lowest BCUT2D eigenvalue weighted by Gasteiger charge is -2.27. The topological polar surface area (TPSA) is 93.7 Å². The molecule has 0 N–H and O–H groups in total. The summed E-state index contributed by atoms with van der Waals surface area (Å²) in [4.78, 5) is 35.4. The Morgan fingerprint density at radius 2 is 0.455 bits per heavy atom. The van der Waals surface area contributed by atoms with Gasteiger partial charge in [-0.25, -0.2) is 9.97 Å². The Bertz CT molecular complexity index is 6610. The molecule has 0 aliphatic carbocycles. The molecule has 20 rings (SSSR count). The number of fused-ring (bicyclic) bond motifs is 6. The predicted molar refractivity (Wildman–Crippen MR) is 461 cm³/mol. The van der Waals surface area contributed by atoms with Crippen LogP contribution in [0.1, 0.15) is 0 Å². The highest BCUT2D eigenvalue weighted by atomic mass is 15.2. The summed E-state index contributed by atoms with van der Waals surface area (Å²) >= 11 is 0. The molecule has 10 heteroatoms. The average Bonchev–Trinajstić information content (AvgIpc) is 1.59. The lowest BCUT2D eigenvalue weighted by Crippen LogP contribution is -2.10. The Morgan fingerprint density at radius 1 is 0.170 bits per heavy atom. The van der Waals surface area contributed by atoms with E-state index in [1.165, 1.54) is 11.1 Å². The summed E-state index contributed by atoms with van der Waals surface area (Å²) in [6, 6.07) is 148. The summed E-state index contributed by atoms with van der Waals surface area (Å²) < 4.78 is 4.35. The Hall–Kier alpha value is -15.3. The molecule has 20 aromatic rings. The zero-order valence-electron chi connectivity index (χ0n) is 60.9. The minimum absolute atomic E-state index is 0.573. The molecule has 0 spiro atoms. The first-order valence-electron chi connectivity index (χ1n) is 37.6. The fourth-order valence-electron chi connectivity index (χ4n) is 15.1. The average molecular weight is 1440 g/mol. The van der Waals surface area contributed by atoms with Crippen molar-refractivity contribution < 1.29 is 0 Å². The minimum atomic E-state index is 0.573. The first kappa shape index (κ1) is 67.4. The van der Waals surface area contributed by atoms with Crippen molar-refractivity contribution in [2.24, 2.45) is 0 Å². The molecule has 0 unspecified atom stereocenters. The first-order valence-corrected chi connectivity index (χ1v) is 37.6.